The molecule has 1 aliphatic rings. The van der Waals surface area contributed by atoms with Crippen molar-refractivity contribution in [3.8, 4) is 0 Å². The Labute approximate surface area is 146 Å². The van der Waals surface area contributed by atoms with Crippen LogP contribution in [0.3, 0.4) is 0 Å². The summed E-state index contributed by atoms with van der Waals surface area (Å²) in [5, 5.41) is 16.5. The predicted octanol–water partition coefficient (Wildman–Crippen LogP) is 3.07. The van der Waals surface area contributed by atoms with Gasteiger partial charge in [-0.2, -0.15) is 5.10 Å². The smallest absolute Gasteiger partial charge is 0.330 e. The van der Waals surface area contributed by atoms with Crippen LogP contribution >= 0.6 is 0 Å². The Hall–Kier alpha value is -2.63. The highest BCUT2D eigenvalue weighted by molar-refractivity contribution is 5.95. The summed E-state index contributed by atoms with van der Waals surface area (Å²) in [7, 11) is 0. The van der Waals surface area contributed by atoms with E-state index in [0.717, 1.165) is 18.5 Å². The number of rotatable bonds is 5. The highest BCUT2D eigenvalue weighted by Gasteiger charge is 2.33. The first-order valence-electron chi connectivity index (χ1n) is 8.46. The lowest BCUT2D eigenvalue weighted by Gasteiger charge is -2.22. The average molecular weight is 341 g/mol. The fourth-order valence-electron chi connectivity index (χ4n) is 2.85. The molecule has 1 atom stereocenters. The zero-order valence-corrected chi connectivity index (χ0v) is 14.7. The number of carbonyl (C=O) groups is 2. The number of nitrogens with zero attached hydrogens (tertiary/aromatic N) is 2. The van der Waals surface area contributed by atoms with Gasteiger partial charge in [-0.05, 0) is 45.2 Å². The molecule has 0 bridgehead atoms. The molecule has 2 aromatic rings. The van der Waals surface area contributed by atoms with Gasteiger partial charge in [0.15, 0.2) is 11.7 Å². The quantitative estimate of drug-likeness (QED) is 0.875. The van der Waals surface area contributed by atoms with Crippen LogP contribution in [0.15, 0.2) is 36.4 Å². The zero-order valence-electron chi connectivity index (χ0n) is 14.7. The number of hydrogen-bond donors (Lipinski definition) is 2. The van der Waals surface area contributed by atoms with Gasteiger partial charge in [-0.25, -0.2) is 4.79 Å². The van der Waals surface area contributed by atoms with Gasteiger partial charge in [0, 0.05) is 11.6 Å². The number of benzene rings is 1. The van der Waals surface area contributed by atoms with Crippen LogP contribution in [0.1, 0.15) is 67.3 Å². The predicted molar refractivity (Wildman–Crippen MR) is 93.5 cm³/mol. The topological polar surface area (TPSA) is 84.2 Å². The van der Waals surface area contributed by atoms with E-state index in [1.807, 2.05) is 25.5 Å². The summed E-state index contributed by atoms with van der Waals surface area (Å²) < 4.78 is 1.89. The van der Waals surface area contributed by atoms with Gasteiger partial charge in [-0.3, -0.25) is 9.48 Å². The highest BCUT2D eigenvalue weighted by atomic mass is 16.4. The molecular weight excluding hydrogens is 318 g/mol. The summed E-state index contributed by atoms with van der Waals surface area (Å²) in [6, 6.07) is 9.36. The molecule has 6 heteroatoms. The van der Waals surface area contributed by atoms with Crippen molar-refractivity contribution in [3.63, 3.8) is 0 Å². The van der Waals surface area contributed by atoms with Gasteiger partial charge < -0.3 is 10.4 Å². The minimum atomic E-state index is -1.10. The Kier molecular flexibility index (Phi) is 4.37. The Morgan fingerprint density at radius 2 is 1.88 bits per heavy atom. The standard InChI is InChI=1S/C19H23N3O3/c1-19(2,3)22-15(12-9-10-12)11-14(21-22)17(23)20-16(18(24)25)13-7-5-4-6-8-13/h4-8,11-12,16H,9-10H2,1-3H3,(H,20,23)(H,24,25)/t16-/m1/s1. The molecule has 1 fully saturated rings. The number of carboxylic acid groups (broad SMARTS) is 1. The maximum atomic E-state index is 12.6. The van der Waals surface area contributed by atoms with E-state index in [1.165, 1.54) is 0 Å². The zero-order chi connectivity index (χ0) is 18.2. The van der Waals surface area contributed by atoms with Crippen molar-refractivity contribution >= 4 is 11.9 Å². The van der Waals surface area contributed by atoms with Gasteiger partial charge in [0.25, 0.3) is 5.91 Å². The van der Waals surface area contributed by atoms with Crippen molar-refractivity contribution in [2.24, 2.45) is 0 Å². The van der Waals surface area contributed by atoms with Crippen LogP contribution in [0, 0.1) is 0 Å². The summed E-state index contributed by atoms with van der Waals surface area (Å²) in [6.07, 6.45) is 2.20. The molecule has 132 valence electrons. The van der Waals surface area contributed by atoms with E-state index in [1.54, 1.807) is 36.4 Å². The molecule has 0 aliphatic heterocycles. The van der Waals surface area contributed by atoms with Gasteiger partial charge in [0.2, 0.25) is 0 Å². The van der Waals surface area contributed by atoms with Crippen molar-refractivity contribution in [1.82, 2.24) is 15.1 Å². The molecule has 0 unspecified atom stereocenters. The number of aromatic nitrogens is 2. The number of aliphatic carboxylic acids is 1. The van der Waals surface area contributed by atoms with Crippen LogP contribution in [-0.4, -0.2) is 26.8 Å². The molecule has 1 saturated carbocycles. The second-order valence-electron chi connectivity index (χ2n) is 7.47. The molecule has 3 rings (SSSR count). The van der Waals surface area contributed by atoms with Crippen molar-refractivity contribution in [3.05, 3.63) is 53.3 Å². The third-order valence-electron chi connectivity index (χ3n) is 4.26. The van der Waals surface area contributed by atoms with Gasteiger partial charge in [0.1, 0.15) is 0 Å². The van der Waals surface area contributed by atoms with Crippen molar-refractivity contribution in [1.29, 1.82) is 0 Å². The summed E-state index contributed by atoms with van der Waals surface area (Å²) in [4.78, 5) is 24.2. The van der Waals surface area contributed by atoms with E-state index in [9.17, 15) is 14.7 Å². The Balaban J connectivity index is 1.86. The Morgan fingerprint density at radius 3 is 2.40 bits per heavy atom. The minimum absolute atomic E-state index is 0.234. The van der Waals surface area contributed by atoms with E-state index in [0.29, 0.717) is 11.5 Å². The minimum Gasteiger partial charge on any atom is -0.479 e. The Bertz CT molecular complexity index is 786. The monoisotopic (exact) mass is 341 g/mol. The third-order valence-corrected chi connectivity index (χ3v) is 4.26. The fraction of sp³-hybridized carbons (Fsp3) is 0.421. The molecule has 1 aromatic heterocycles. The molecule has 1 aliphatic carbocycles. The number of hydrogen-bond acceptors (Lipinski definition) is 3. The van der Waals surface area contributed by atoms with E-state index >= 15 is 0 Å². The molecule has 6 nitrogen and oxygen atoms in total. The normalized spacial score (nSPS) is 15.6. The molecule has 1 heterocycles. The second kappa shape index (κ2) is 6.35. The number of nitrogens with one attached hydrogen (secondary N) is 1. The van der Waals surface area contributed by atoms with Crippen molar-refractivity contribution in [2.45, 2.75) is 51.1 Å². The van der Waals surface area contributed by atoms with Crippen LogP contribution in [-0.2, 0) is 10.3 Å². The number of carboxylic acids is 1. The SMILES string of the molecule is CC(C)(C)n1nc(C(=O)N[C@@H](C(=O)O)c2ccccc2)cc1C1CC1. The van der Waals surface area contributed by atoms with Crippen LogP contribution in [0.4, 0.5) is 0 Å². The van der Waals surface area contributed by atoms with E-state index in [2.05, 4.69) is 10.4 Å². The third kappa shape index (κ3) is 3.73. The van der Waals surface area contributed by atoms with Crippen LogP contribution < -0.4 is 5.32 Å². The van der Waals surface area contributed by atoms with Crippen LogP contribution in [0.2, 0.25) is 0 Å². The average Bonchev–Trinajstić information content (AvgIpc) is 3.29. The van der Waals surface area contributed by atoms with Crippen LogP contribution in [0.5, 0.6) is 0 Å². The van der Waals surface area contributed by atoms with E-state index in [4.69, 9.17) is 0 Å². The number of carbonyl (C=O) groups excluding carboxylic acids is 1. The van der Waals surface area contributed by atoms with Crippen LogP contribution in [0.25, 0.3) is 0 Å². The molecule has 0 radical (unpaired) electrons. The van der Waals surface area contributed by atoms with E-state index < -0.39 is 17.9 Å². The first kappa shape index (κ1) is 17.2. The molecule has 0 spiro atoms. The molecule has 0 saturated heterocycles. The molecule has 25 heavy (non-hydrogen) atoms. The largest absolute Gasteiger partial charge is 0.479 e. The molecular formula is C19H23N3O3. The molecule has 1 amide bonds. The van der Waals surface area contributed by atoms with E-state index in [-0.39, 0.29) is 11.2 Å². The second-order valence-corrected chi connectivity index (χ2v) is 7.47. The maximum absolute atomic E-state index is 12.6. The number of amides is 1. The summed E-state index contributed by atoms with van der Waals surface area (Å²) in [6.45, 7) is 6.12. The molecule has 2 N–H and O–H groups in total. The lowest BCUT2D eigenvalue weighted by molar-refractivity contribution is -0.139. The summed E-state index contributed by atoms with van der Waals surface area (Å²) in [5.41, 5.74) is 1.60. The van der Waals surface area contributed by atoms with Gasteiger partial charge in [0.05, 0.1) is 5.54 Å². The first-order chi connectivity index (χ1) is 11.8. The lowest BCUT2D eigenvalue weighted by atomic mass is 10.1. The lowest BCUT2D eigenvalue weighted by Crippen LogP contribution is -2.34. The van der Waals surface area contributed by atoms with Gasteiger partial charge in [-0.15, -0.1) is 0 Å². The fourth-order valence-corrected chi connectivity index (χ4v) is 2.85. The maximum Gasteiger partial charge on any atom is 0.330 e. The Morgan fingerprint density at radius 1 is 1.24 bits per heavy atom. The summed E-state index contributed by atoms with van der Waals surface area (Å²) >= 11 is 0. The van der Waals surface area contributed by atoms with Crippen molar-refractivity contribution in [2.75, 3.05) is 0 Å². The summed E-state index contributed by atoms with van der Waals surface area (Å²) in [5.74, 6) is -1.13. The highest BCUT2D eigenvalue weighted by Crippen LogP contribution is 2.41. The first-order valence-corrected chi connectivity index (χ1v) is 8.46. The van der Waals surface area contributed by atoms with Gasteiger partial charge in [-0.1, -0.05) is 30.3 Å². The van der Waals surface area contributed by atoms with Gasteiger partial charge >= 0.3 is 5.97 Å². The van der Waals surface area contributed by atoms with Crippen molar-refractivity contribution < 1.29 is 14.7 Å². The molecule has 1 aromatic carbocycles.